The Morgan fingerprint density at radius 1 is 1.46 bits per heavy atom. The highest BCUT2D eigenvalue weighted by atomic mass is 32.2. The second-order valence-electron chi connectivity index (χ2n) is 4.77. The SMILES string of the molecule is COC(=O)c1c(NC(=O)CSc2nccn2C)sc(C(N)=O)c1C. The first-order chi connectivity index (χ1) is 11.3. The van der Waals surface area contributed by atoms with Gasteiger partial charge in [-0.2, -0.15) is 0 Å². The normalized spacial score (nSPS) is 10.5. The van der Waals surface area contributed by atoms with Crippen LogP contribution in [0.1, 0.15) is 25.6 Å². The van der Waals surface area contributed by atoms with Crippen molar-refractivity contribution < 1.29 is 19.1 Å². The summed E-state index contributed by atoms with van der Waals surface area (Å²) in [7, 11) is 3.05. The van der Waals surface area contributed by atoms with E-state index in [1.807, 2.05) is 7.05 Å². The summed E-state index contributed by atoms with van der Waals surface area (Å²) in [5.41, 5.74) is 5.84. The topological polar surface area (TPSA) is 116 Å². The number of nitrogens with two attached hydrogens (primary N) is 1. The lowest BCUT2D eigenvalue weighted by Gasteiger charge is -2.06. The van der Waals surface area contributed by atoms with Gasteiger partial charge < -0.3 is 20.4 Å². The van der Waals surface area contributed by atoms with Crippen molar-refractivity contribution in [3.8, 4) is 0 Å². The van der Waals surface area contributed by atoms with Crippen LogP contribution >= 0.6 is 23.1 Å². The number of thioether (sulfide) groups is 1. The number of anilines is 1. The maximum absolute atomic E-state index is 12.1. The summed E-state index contributed by atoms with van der Waals surface area (Å²) in [5, 5.41) is 3.58. The lowest BCUT2D eigenvalue weighted by Crippen LogP contribution is -2.16. The Balaban J connectivity index is 2.17. The van der Waals surface area contributed by atoms with Gasteiger partial charge in [0.1, 0.15) is 5.00 Å². The van der Waals surface area contributed by atoms with Gasteiger partial charge in [-0.15, -0.1) is 11.3 Å². The van der Waals surface area contributed by atoms with Crippen LogP contribution in [-0.2, 0) is 16.6 Å². The molecule has 3 N–H and O–H groups in total. The minimum atomic E-state index is -0.662. The minimum absolute atomic E-state index is 0.105. The highest BCUT2D eigenvalue weighted by Crippen LogP contribution is 2.33. The van der Waals surface area contributed by atoms with Crippen LogP contribution in [0.2, 0.25) is 0 Å². The van der Waals surface area contributed by atoms with Crippen molar-refractivity contribution in [1.82, 2.24) is 9.55 Å². The molecule has 24 heavy (non-hydrogen) atoms. The predicted octanol–water partition coefficient (Wildman–Crippen LogP) is 1.41. The molecule has 0 aliphatic carbocycles. The number of aromatic nitrogens is 2. The van der Waals surface area contributed by atoms with Crippen LogP contribution in [-0.4, -0.2) is 40.2 Å². The number of carbonyl (C=O) groups excluding carboxylic acids is 3. The Morgan fingerprint density at radius 2 is 2.17 bits per heavy atom. The van der Waals surface area contributed by atoms with E-state index >= 15 is 0 Å². The first kappa shape index (κ1) is 18.0. The highest BCUT2D eigenvalue weighted by molar-refractivity contribution is 7.99. The maximum Gasteiger partial charge on any atom is 0.341 e. The number of aryl methyl sites for hydroxylation is 1. The molecule has 2 heterocycles. The number of thiophene rings is 1. The second kappa shape index (κ2) is 7.49. The standard InChI is InChI=1S/C14H16N4O4S2/c1-7-9(13(21)22-3)12(24-10(7)11(15)20)17-8(19)6-23-14-16-4-5-18(14)2/h4-5H,6H2,1-3H3,(H2,15,20)(H,17,19). The highest BCUT2D eigenvalue weighted by Gasteiger charge is 2.25. The van der Waals surface area contributed by atoms with Crippen LogP contribution in [0, 0.1) is 6.92 Å². The Kier molecular flexibility index (Phi) is 5.62. The van der Waals surface area contributed by atoms with Gasteiger partial charge >= 0.3 is 5.97 Å². The molecule has 2 aromatic heterocycles. The summed E-state index contributed by atoms with van der Waals surface area (Å²) in [6.07, 6.45) is 3.41. The van der Waals surface area contributed by atoms with Crippen LogP contribution in [0.4, 0.5) is 5.00 Å². The number of amides is 2. The second-order valence-corrected chi connectivity index (χ2v) is 6.74. The Hall–Kier alpha value is -2.33. The number of imidazole rings is 1. The molecule has 2 aromatic rings. The van der Waals surface area contributed by atoms with Crippen molar-refractivity contribution in [3.63, 3.8) is 0 Å². The molecule has 0 saturated heterocycles. The molecule has 0 radical (unpaired) electrons. The van der Waals surface area contributed by atoms with E-state index in [0.717, 1.165) is 11.3 Å². The van der Waals surface area contributed by atoms with Gasteiger partial charge in [-0.3, -0.25) is 9.59 Å². The third-order valence-electron chi connectivity index (χ3n) is 3.12. The average Bonchev–Trinajstić information content (AvgIpc) is 3.08. The summed E-state index contributed by atoms with van der Waals surface area (Å²) in [6.45, 7) is 1.58. The van der Waals surface area contributed by atoms with Gasteiger partial charge in [0.2, 0.25) is 5.91 Å². The van der Waals surface area contributed by atoms with Crippen molar-refractivity contribution in [1.29, 1.82) is 0 Å². The van der Waals surface area contributed by atoms with Crippen molar-refractivity contribution in [2.75, 3.05) is 18.2 Å². The molecular weight excluding hydrogens is 352 g/mol. The number of hydrogen-bond acceptors (Lipinski definition) is 7. The molecular formula is C14H16N4O4S2. The monoisotopic (exact) mass is 368 g/mol. The van der Waals surface area contributed by atoms with Gasteiger partial charge in [-0.05, 0) is 12.5 Å². The van der Waals surface area contributed by atoms with Crippen molar-refractivity contribution in [2.24, 2.45) is 12.8 Å². The zero-order chi connectivity index (χ0) is 17.9. The van der Waals surface area contributed by atoms with Crippen LogP contribution in [0.25, 0.3) is 0 Å². The Bertz CT molecular complexity index is 797. The van der Waals surface area contributed by atoms with Crippen molar-refractivity contribution in [3.05, 3.63) is 28.4 Å². The number of carbonyl (C=O) groups is 3. The van der Waals surface area contributed by atoms with Crippen LogP contribution in [0.15, 0.2) is 17.6 Å². The summed E-state index contributed by atoms with van der Waals surface area (Å²) in [5.74, 6) is -1.52. The number of ether oxygens (including phenoxy) is 1. The molecule has 0 spiro atoms. The molecule has 2 amide bonds. The first-order valence-electron chi connectivity index (χ1n) is 6.76. The number of primary amides is 1. The zero-order valence-electron chi connectivity index (χ0n) is 13.3. The average molecular weight is 368 g/mol. The number of hydrogen-bond donors (Lipinski definition) is 2. The van der Waals surface area contributed by atoms with Gasteiger partial charge in [0.05, 0.1) is 23.3 Å². The Morgan fingerprint density at radius 3 is 2.71 bits per heavy atom. The molecule has 10 heteroatoms. The molecule has 8 nitrogen and oxygen atoms in total. The molecule has 2 rings (SSSR count). The number of rotatable bonds is 6. The Labute approximate surface area is 146 Å². The van der Waals surface area contributed by atoms with Gasteiger partial charge in [-0.1, -0.05) is 11.8 Å². The van der Waals surface area contributed by atoms with E-state index < -0.39 is 11.9 Å². The largest absolute Gasteiger partial charge is 0.465 e. The summed E-state index contributed by atoms with van der Waals surface area (Å²) in [6, 6.07) is 0. The molecule has 0 atom stereocenters. The fraction of sp³-hybridized carbons (Fsp3) is 0.286. The van der Waals surface area contributed by atoms with Gasteiger partial charge in [0.25, 0.3) is 5.91 Å². The van der Waals surface area contributed by atoms with E-state index in [4.69, 9.17) is 10.5 Å². The maximum atomic E-state index is 12.1. The van der Waals surface area contributed by atoms with E-state index in [1.165, 1.54) is 18.9 Å². The number of nitrogens with one attached hydrogen (secondary N) is 1. The molecule has 0 saturated carbocycles. The van der Waals surface area contributed by atoms with Crippen molar-refractivity contribution in [2.45, 2.75) is 12.1 Å². The van der Waals surface area contributed by atoms with E-state index in [0.29, 0.717) is 10.7 Å². The zero-order valence-corrected chi connectivity index (χ0v) is 14.9. The molecule has 0 aromatic carbocycles. The summed E-state index contributed by atoms with van der Waals surface area (Å²) < 4.78 is 6.50. The number of esters is 1. The van der Waals surface area contributed by atoms with Gasteiger partial charge in [0.15, 0.2) is 5.16 Å². The number of methoxy groups -OCH3 is 1. The van der Waals surface area contributed by atoms with Crippen LogP contribution in [0.5, 0.6) is 0 Å². The third-order valence-corrected chi connectivity index (χ3v) is 5.40. The molecule has 128 valence electrons. The summed E-state index contributed by atoms with van der Waals surface area (Å²) >= 11 is 2.21. The van der Waals surface area contributed by atoms with E-state index in [1.54, 1.807) is 23.9 Å². The minimum Gasteiger partial charge on any atom is -0.465 e. The van der Waals surface area contributed by atoms with Gasteiger partial charge in [-0.25, -0.2) is 9.78 Å². The van der Waals surface area contributed by atoms with Crippen LogP contribution in [0.3, 0.4) is 0 Å². The lowest BCUT2D eigenvalue weighted by atomic mass is 10.1. The third kappa shape index (κ3) is 3.77. The molecule has 0 aliphatic rings. The molecule has 0 aliphatic heterocycles. The van der Waals surface area contributed by atoms with E-state index in [9.17, 15) is 14.4 Å². The van der Waals surface area contributed by atoms with Crippen molar-refractivity contribution >= 4 is 45.9 Å². The molecule has 0 bridgehead atoms. The number of nitrogens with zero attached hydrogens (tertiary/aromatic N) is 2. The summed E-state index contributed by atoms with van der Waals surface area (Å²) in [4.78, 5) is 39.8. The fourth-order valence-corrected chi connectivity index (χ4v) is 3.76. The molecule has 0 unspecified atom stereocenters. The van der Waals surface area contributed by atoms with Crippen LogP contribution < -0.4 is 11.1 Å². The molecule has 0 fully saturated rings. The first-order valence-corrected chi connectivity index (χ1v) is 8.56. The van der Waals surface area contributed by atoms with E-state index in [2.05, 4.69) is 10.3 Å². The van der Waals surface area contributed by atoms with E-state index in [-0.39, 0.29) is 27.1 Å². The quantitative estimate of drug-likeness (QED) is 0.588. The predicted molar refractivity (Wildman–Crippen MR) is 91.5 cm³/mol. The fourth-order valence-electron chi connectivity index (χ4n) is 1.97. The lowest BCUT2D eigenvalue weighted by molar-refractivity contribution is -0.113. The smallest absolute Gasteiger partial charge is 0.341 e. The van der Waals surface area contributed by atoms with Gasteiger partial charge in [0, 0.05) is 19.4 Å².